The Kier molecular flexibility index (Phi) is 9.76. The molecule has 0 aromatic rings. The van der Waals surface area contributed by atoms with Crippen LogP contribution in [0.15, 0.2) is 0 Å². The van der Waals surface area contributed by atoms with Crippen molar-refractivity contribution < 1.29 is 19.4 Å². The van der Waals surface area contributed by atoms with Crippen molar-refractivity contribution in [3.05, 3.63) is 0 Å². The van der Waals surface area contributed by atoms with Crippen molar-refractivity contribution in [2.45, 2.75) is 56.7 Å². The minimum Gasteiger partial charge on any atom is -0.379 e. The lowest BCUT2D eigenvalue weighted by atomic mass is 10.2. The molecule has 0 aromatic heterocycles. The third-order valence-corrected chi connectivity index (χ3v) is 13.7. The summed E-state index contributed by atoms with van der Waals surface area (Å²) in [7, 11) is -2.16. The van der Waals surface area contributed by atoms with E-state index in [9.17, 15) is 0 Å². The zero-order valence-corrected chi connectivity index (χ0v) is 24.5. The van der Waals surface area contributed by atoms with Crippen molar-refractivity contribution in [2.75, 3.05) is 118 Å². The Morgan fingerprint density at radius 2 is 0.763 bits per heavy atom. The van der Waals surface area contributed by atoms with Crippen LogP contribution in [-0.2, 0) is 14.2 Å². The van der Waals surface area contributed by atoms with Gasteiger partial charge in [-0.15, -0.1) is 0 Å². The first-order valence-corrected chi connectivity index (χ1v) is 17.3. The molecule has 6 fully saturated rings. The van der Waals surface area contributed by atoms with Crippen molar-refractivity contribution in [1.82, 2.24) is 28.7 Å². The molecular weight excluding hydrogens is 501 g/mol. The number of nitrogens with zero attached hydrogens (tertiary/aromatic N) is 6. The molecule has 0 aromatic carbocycles. The lowest BCUT2D eigenvalue weighted by Gasteiger charge is -2.47. The van der Waals surface area contributed by atoms with Gasteiger partial charge in [-0.1, -0.05) is 0 Å². The third-order valence-electron chi connectivity index (χ3n) is 9.89. The summed E-state index contributed by atoms with van der Waals surface area (Å²) < 4.78 is 25.6. The van der Waals surface area contributed by atoms with Gasteiger partial charge in [0.2, 0.25) is 0 Å². The predicted molar refractivity (Wildman–Crippen MR) is 150 cm³/mol. The topological polar surface area (TPSA) is 72.7 Å². The summed E-state index contributed by atoms with van der Waals surface area (Å²) in [4.78, 5) is 7.92. The molecule has 6 saturated heterocycles. The summed E-state index contributed by atoms with van der Waals surface area (Å²) in [6.45, 7) is 18.5. The molecule has 0 unspecified atom stereocenters. The summed E-state index contributed by atoms with van der Waals surface area (Å²) in [5.41, 5.74) is 0. The predicted octanol–water partition coefficient (Wildman–Crippen LogP) is 0.0815. The third kappa shape index (κ3) is 6.20. The zero-order chi connectivity index (χ0) is 25.8. The van der Waals surface area contributed by atoms with Crippen LogP contribution in [-0.4, -0.2) is 165 Å². The smallest absolute Gasteiger partial charge is 0.309 e. The van der Waals surface area contributed by atoms with E-state index in [4.69, 9.17) is 19.4 Å². The van der Waals surface area contributed by atoms with E-state index in [0.717, 1.165) is 118 Å². The van der Waals surface area contributed by atoms with Gasteiger partial charge in [0, 0.05) is 96.7 Å². The van der Waals surface area contributed by atoms with Crippen LogP contribution in [0.3, 0.4) is 0 Å². The van der Waals surface area contributed by atoms with E-state index in [1.807, 2.05) is 0 Å². The largest absolute Gasteiger partial charge is 0.379 e. The van der Waals surface area contributed by atoms with Gasteiger partial charge in [-0.3, -0.25) is 14.7 Å². The summed E-state index contributed by atoms with van der Waals surface area (Å²) in [6, 6.07) is 1.67. The molecule has 11 heteroatoms. The van der Waals surface area contributed by atoms with Gasteiger partial charge in [-0.05, 0) is 38.5 Å². The Morgan fingerprint density at radius 1 is 0.474 bits per heavy atom. The first-order chi connectivity index (χ1) is 18.7. The first-order valence-electron chi connectivity index (χ1n) is 15.6. The van der Waals surface area contributed by atoms with E-state index < -0.39 is 7.51 Å². The monoisotopic (exact) mass is 554 g/mol. The molecule has 0 bridgehead atoms. The van der Waals surface area contributed by atoms with E-state index in [0.29, 0.717) is 18.1 Å². The fraction of sp³-hybridized carbons (Fsp3) is 1.00. The van der Waals surface area contributed by atoms with Crippen LogP contribution >= 0.6 is 7.51 Å². The number of morpholine rings is 3. The maximum atomic E-state index is 8.06. The van der Waals surface area contributed by atoms with Gasteiger partial charge in [0.1, 0.15) is 0 Å². The Morgan fingerprint density at radius 3 is 1.05 bits per heavy atom. The number of rotatable bonds is 9. The fourth-order valence-electron chi connectivity index (χ4n) is 7.87. The van der Waals surface area contributed by atoms with Crippen molar-refractivity contribution in [2.24, 2.45) is 0 Å². The molecular formula is C27H53N7O3P+. The van der Waals surface area contributed by atoms with Crippen LogP contribution in [0.25, 0.3) is 0 Å². The maximum absolute atomic E-state index is 8.06. The van der Waals surface area contributed by atoms with E-state index in [-0.39, 0.29) is 0 Å². The minimum atomic E-state index is -2.16. The molecule has 0 radical (unpaired) electrons. The normalized spacial score (nSPS) is 34.5. The molecule has 6 heterocycles. The molecule has 0 amide bonds. The minimum absolute atomic E-state index is 0.556. The van der Waals surface area contributed by atoms with E-state index in [1.54, 1.807) is 0 Å². The Bertz CT molecular complexity index is 691. The highest BCUT2D eigenvalue weighted by Crippen LogP contribution is 2.61. The van der Waals surface area contributed by atoms with Gasteiger partial charge < -0.3 is 14.2 Å². The average molecular weight is 555 g/mol. The molecule has 2 N–H and O–H groups in total. The molecule has 6 aliphatic rings. The lowest BCUT2D eigenvalue weighted by Crippen LogP contribution is -2.60. The number of ether oxygens (including phenoxy) is 3. The second-order valence-electron chi connectivity index (χ2n) is 12.2. The van der Waals surface area contributed by atoms with Crippen molar-refractivity contribution >= 4 is 7.51 Å². The Labute approximate surface area is 230 Å². The van der Waals surface area contributed by atoms with Crippen LogP contribution in [0, 0.1) is 0 Å². The lowest BCUT2D eigenvalue weighted by molar-refractivity contribution is -0.117. The van der Waals surface area contributed by atoms with Crippen LogP contribution < -0.4 is 5.16 Å². The fourth-order valence-corrected chi connectivity index (χ4v) is 12.1. The summed E-state index contributed by atoms with van der Waals surface area (Å²) in [5, 5.41) is 8.06. The highest BCUT2D eigenvalue weighted by molar-refractivity contribution is 7.56. The number of nitrogens with two attached hydrogens (primary N) is 1. The highest BCUT2D eigenvalue weighted by atomic mass is 31.2. The number of hydrogen-bond donors (Lipinski definition) is 1. The van der Waals surface area contributed by atoms with Gasteiger partial charge in [0.05, 0.1) is 39.6 Å². The molecule has 10 nitrogen and oxygen atoms in total. The maximum Gasteiger partial charge on any atom is 0.309 e. The van der Waals surface area contributed by atoms with Gasteiger partial charge in [0.15, 0.2) is 0 Å². The van der Waals surface area contributed by atoms with Crippen LogP contribution in [0.1, 0.15) is 38.5 Å². The van der Waals surface area contributed by atoms with Gasteiger partial charge >= 0.3 is 7.51 Å². The molecule has 0 spiro atoms. The number of hydrogen-bond acceptors (Lipinski definition) is 6. The quantitative estimate of drug-likeness (QED) is 0.399. The van der Waals surface area contributed by atoms with E-state index in [1.165, 1.54) is 38.5 Å². The Balaban J connectivity index is 1.26. The van der Waals surface area contributed by atoms with Gasteiger partial charge in [0.25, 0.3) is 0 Å². The summed E-state index contributed by atoms with van der Waals surface area (Å²) in [6.07, 6.45) is 7.66. The second kappa shape index (κ2) is 13.2. The van der Waals surface area contributed by atoms with Crippen LogP contribution in [0.4, 0.5) is 0 Å². The first kappa shape index (κ1) is 28.0. The van der Waals surface area contributed by atoms with E-state index >= 15 is 0 Å². The van der Waals surface area contributed by atoms with Crippen LogP contribution in [0.2, 0.25) is 0 Å². The van der Waals surface area contributed by atoms with Gasteiger partial charge in [-0.25, -0.2) is 19.2 Å². The standard InChI is InChI=1S/C27H52N7O3P/c28-38(32-7-1-4-25(32)22-29-10-16-35-17-11-29,33-8-2-5-26(33)23-30-12-18-36-19-13-30)34-9-3-6-27(34)24-31-14-20-37-21-15-31/h25-28H,1-24H2/p+1/t25-,26-,27-/m0/s1. The van der Waals surface area contributed by atoms with Crippen molar-refractivity contribution in [1.29, 1.82) is 0 Å². The highest BCUT2D eigenvalue weighted by Gasteiger charge is 2.55. The molecule has 3 atom stereocenters. The average Bonchev–Trinajstić information content (AvgIpc) is 3.72. The molecule has 6 rings (SSSR count). The SMILES string of the molecule is [NH2+]=P(N1CCC[C@H]1CN1CCOCC1)(N1CCC[C@H]1CN1CCOCC1)N1CCC[C@H]1CN1CCOCC1. The molecule has 0 aliphatic carbocycles. The van der Waals surface area contributed by atoms with E-state index in [2.05, 4.69) is 28.7 Å². The van der Waals surface area contributed by atoms with Crippen LogP contribution in [0.5, 0.6) is 0 Å². The summed E-state index contributed by atoms with van der Waals surface area (Å²) >= 11 is 0. The molecule has 38 heavy (non-hydrogen) atoms. The van der Waals surface area contributed by atoms with Gasteiger partial charge in [-0.2, -0.15) is 0 Å². The molecule has 0 saturated carbocycles. The van der Waals surface area contributed by atoms with Crippen molar-refractivity contribution in [3.63, 3.8) is 0 Å². The second-order valence-corrected chi connectivity index (χ2v) is 15.0. The molecule has 6 aliphatic heterocycles. The Hall–Kier alpha value is -0.130. The van der Waals surface area contributed by atoms with Crippen molar-refractivity contribution in [3.8, 4) is 0 Å². The molecule has 218 valence electrons. The summed E-state index contributed by atoms with van der Waals surface area (Å²) in [5.74, 6) is 0. The zero-order valence-electron chi connectivity index (χ0n) is 23.6.